The highest BCUT2D eigenvalue weighted by atomic mass is 16.2. The van der Waals surface area contributed by atoms with Gasteiger partial charge in [0.25, 0.3) is 0 Å². The SMILES string of the molecule is O=C(Cc1nccc2c1[nH]c1ccccc12)N1CCCC/C=C\CCCC1. The van der Waals surface area contributed by atoms with E-state index in [1.807, 2.05) is 24.4 Å². The molecule has 0 spiro atoms. The molecular weight excluding hydrogens is 334 g/mol. The number of amides is 1. The van der Waals surface area contributed by atoms with E-state index in [-0.39, 0.29) is 5.91 Å². The molecule has 2 aromatic heterocycles. The van der Waals surface area contributed by atoms with Crippen LogP contribution in [0.5, 0.6) is 0 Å². The molecule has 1 aliphatic heterocycles. The number of carbonyl (C=O) groups is 1. The monoisotopic (exact) mass is 361 g/mol. The van der Waals surface area contributed by atoms with Gasteiger partial charge < -0.3 is 9.88 Å². The second-order valence-electron chi connectivity index (χ2n) is 7.37. The molecule has 0 unspecified atom stereocenters. The van der Waals surface area contributed by atoms with Crippen LogP contribution in [-0.2, 0) is 11.2 Å². The summed E-state index contributed by atoms with van der Waals surface area (Å²) >= 11 is 0. The topological polar surface area (TPSA) is 49.0 Å². The smallest absolute Gasteiger partial charge is 0.228 e. The van der Waals surface area contributed by atoms with Crippen molar-refractivity contribution in [2.75, 3.05) is 13.1 Å². The molecule has 0 saturated heterocycles. The van der Waals surface area contributed by atoms with E-state index in [1.165, 1.54) is 5.39 Å². The zero-order chi connectivity index (χ0) is 18.5. The Balaban J connectivity index is 1.54. The average molecular weight is 361 g/mol. The fraction of sp³-hybridized carbons (Fsp3) is 0.391. The largest absolute Gasteiger partial charge is 0.353 e. The van der Waals surface area contributed by atoms with Crippen LogP contribution in [0.3, 0.4) is 0 Å². The van der Waals surface area contributed by atoms with Crippen LogP contribution < -0.4 is 0 Å². The first-order valence-electron chi connectivity index (χ1n) is 10.1. The third-order valence-corrected chi connectivity index (χ3v) is 5.44. The summed E-state index contributed by atoms with van der Waals surface area (Å²) in [5, 5.41) is 2.33. The predicted molar refractivity (Wildman–Crippen MR) is 111 cm³/mol. The van der Waals surface area contributed by atoms with E-state index in [0.29, 0.717) is 6.42 Å². The van der Waals surface area contributed by atoms with Crippen LogP contribution >= 0.6 is 0 Å². The van der Waals surface area contributed by atoms with Crippen molar-refractivity contribution in [3.8, 4) is 0 Å². The number of hydrogen-bond acceptors (Lipinski definition) is 2. The summed E-state index contributed by atoms with van der Waals surface area (Å²) in [4.78, 5) is 23.1. The van der Waals surface area contributed by atoms with Gasteiger partial charge in [-0.15, -0.1) is 0 Å². The Morgan fingerprint density at radius 3 is 2.48 bits per heavy atom. The maximum atomic E-state index is 13.0. The zero-order valence-electron chi connectivity index (χ0n) is 15.8. The number of rotatable bonds is 2. The average Bonchev–Trinajstić information content (AvgIpc) is 3.04. The molecule has 1 N–H and O–H groups in total. The van der Waals surface area contributed by atoms with Crippen molar-refractivity contribution < 1.29 is 4.79 Å². The zero-order valence-corrected chi connectivity index (χ0v) is 15.8. The molecule has 0 fully saturated rings. The molecule has 0 aliphatic carbocycles. The number of benzene rings is 1. The Kier molecular flexibility index (Phi) is 5.52. The van der Waals surface area contributed by atoms with E-state index in [1.54, 1.807) is 0 Å². The van der Waals surface area contributed by atoms with Gasteiger partial charge in [-0.3, -0.25) is 9.78 Å². The van der Waals surface area contributed by atoms with Crippen molar-refractivity contribution in [1.29, 1.82) is 0 Å². The van der Waals surface area contributed by atoms with E-state index < -0.39 is 0 Å². The summed E-state index contributed by atoms with van der Waals surface area (Å²) in [6.07, 6.45) is 13.4. The lowest BCUT2D eigenvalue weighted by Gasteiger charge is -2.22. The van der Waals surface area contributed by atoms with Crippen LogP contribution in [0.4, 0.5) is 0 Å². The van der Waals surface area contributed by atoms with Gasteiger partial charge in [0, 0.05) is 35.6 Å². The number of carbonyl (C=O) groups excluding carboxylic acids is 1. The molecule has 3 heterocycles. The first-order chi connectivity index (χ1) is 13.3. The van der Waals surface area contributed by atoms with Gasteiger partial charge in [0.05, 0.1) is 17.6 Å². The Bertz CT molecular complexity index is 943. The highest BCUT2D eigenvalue weighted by Crippen LogP contribution is 2.26. The summed E-state index contributed by atoms with van der Waals surface area (Å²) < 4.78 is 0. The van der Waals surface area contributed by atoms with E-state index >= 15 is 0 Å². The van der Waals surface area contributed by atoms with Crippen molar-refractivity contribution in [2.24, 2.45) is 0 Å². The normalized spacial score (nSPS) is 17.7. The number of nitrogens with zero attached hydrogens (tertiary/aromatic N) is 2. The Morgan fingerprint density at radius 1 is 0.963 bits per heavy atom. The number of aromatic amines is 1. The maximum absolute atomic E-state index is 13.0. The molecule has 0 saturated carbocycles. The number of para-hydroxylation sites is 1. The molecular formula is C23H27N3O. The van der Waals surface area contributed by atoms with Crippen molar-refractivity contribution in [3.05, 3.63) is 54.4 Å². The highest BCUT2D eigenvalue weighted by Gasteiger charge is 2.17. The van der Waals surface area contributed by atoms with Crippen LogP contribution in [0, 0.1) is 0 Å². The van der Waals surface area contributed by atoms with Crippen LogP contribution in [0.15, 0.2) is 48.7 Å². The number of pyridine rings is 1. The van der Waals surface area contributed by atoms with Gasteiger partial charge in [-0.05, 0) is 50.7 Å². The lowest BCUT2D eigenvalue weighted by Crippen LogP contribution is -2.34. The van der Waals surface area contributed by atoms with Crippen LogP contribution in [0.2, 0.25) is 0 Å². The van der Waals surface area contributed by atoms with Crippen molar-refractivity contribution in [1.82, 2.24) is 14.9 Å². The molecule has 27 heavy (non-hydrogen) atoms. The summed E-state index contributed by atoms with van der Waals surface area (Å²) in [6, 6.07) is 10.3. The second-order valence-corrected chi connectivity index (χ2v) is 7.37. The molecule has 1 aliphatic rings. The number of H-pyrrole nitrogens is 1. The third kappa shape index (κ3) is 4.05. The van der Waals surface area contributed by atoms with Gasteiger partial charge >= 0.3 is 0 Å². The molecule has 0 radical (unpaired) electrons. The first-order valence-corrected chi connectivity index (χ1v) is 10.1. The van der Waals surface area contributed by atoms with Crippen molar-refractivity contribution in [2.45, 2.75) is 44.9 Å². The molecule has 0 bridgehead atoms. The van der Waals surface area contributed by atoms with Gasteiger partial charge in [0.2, 0.25) is 5.91 Å². The minimum atomic E-state index is 0.195. The van der Waals surface area contributed by atoms with Gasteiger partial charge in [0.1, 0.15) is 0 Å². The minimum Gasteiger partial charge on any atom is -0.353 e. The number of aromatic nitrogens is 2. The van der Waals surface area contributed by atoms with Gasteiger partial charge in [-0.2, -0.15) is 0 Å². The van der Waals surface area contributed by atoms with Gasteiger partial charge in [-0.1, -0.05) is 30.4 Å². The molecule has 4 heteroatoms. The Labute approximate surface area is 160 Å². The molecule has 0 atom stereocenters. The lowest BCUT2D eigenvalue weighted by atomic mass is 10.1. The number of allylic oxidation sites excluding steroid dienone is 2. The quantitative estimate of drug-likeness (QED) is 0.653. The molecule has 3 aromatic rings. The fourth-order valence-corrected chi connectivity index (χ4v) is 3.95. The van der Waals surface area contributed by atoms with E-state index in [0.717, 1.165) is 73.7 Å². The van der Waals surface area contributed by atoms with Gasteiger partial charge in [0.15, 0.2) is 0 Å². The standard InChI is InChI=1S/C23H27N3O/c27-22(26-15-9-5-3-1-2-4-6-10-16-26)17-21-23-19(13-14-24-21)18-11-7-8-12-20(18)25-23/h1-2,7-8,11-14,25H,3-6,9-10,15-17H2/b2-1-. The highest BCUT2D eigenvalue weighted by molar-refractivity contribution is 6.08. The molecule has 4 rings (SSSR count). The summed E-state index contributed by atoms with van der Waals surface area (Å²) in [5.41, 5.74) is 2.94. The minimum absolute atomic E-state index is 0.195. The van der Waals surface area contributed by atoms with Crippen LogP contribution in [0.25, 0.3) is 21.8 Å². The van der Waals surface area contributed by atoms with Crippen molar-refractivity contribution >= 4 is 27.7 Å². The van der Waals surface area contributed by atoms with Gasteiger partial charge in [-0.25, -0.2) is 0 Å². The lowest BCUT2D eigenvalue weighted by molar-refractivity contribution is -0.130. The van der Waals surface area contributed by atoms with Crippen LogP contribution in [0.1, 0.15) is 44.2 Å². The maximum Gasteiger partial charge on any atom is 0.228 e. The fourth-order valence-electron chi connectivity index (χ4n) is 3.95. The number of hydrogen-bond donors (Lipinski definition) is 1. The summed E-state index contributed by atoms with van der Waals surface area (Å²) in [5.74, 6) is 0.195. The Hall–Kier alpha value is -2.62. The molecule has 140 valence electrons. The summed E-state index contributed by atoms with van der Waals surface area (Å²) in [6.45, 7) is 1.71. The summed E-state index contributed by atoms with van der Waals surface area (Å²) in [7, 11) is 0. The van der Waals surface area contributed by atoms with Crippen molar-refractivity contribution in [3.63, 3.8) is 0 Å². The number of fused-ring (bicyclic) bond motifs is 3. The third-order valence-electron chi connectivity index (χ3n) is 5.44. The Morgan fingerprint density at radius 2 is 1.70 bits per heavy atom. The predicted octanol–water partition coefficient (Wildman–Crippen LogP) is 5.00. The number of nitrogens with one attached hydrogen (secondary N) is 1. The first kappa shape index (κ1) is 17.8. The van der Waals surface area contributed by atoms with E-state index in [2.05, 4.69) is 39.2 Å². The second kappa shape index (κ2) is 8.38. The van der Waals surface area contributed by atoms with E-state index in [9.17, 15) is 4.79 Å². The van der Waals surface area contributed by atoms with E-state index in [4.69, 9.17) is 0 Å². The molecule has 4 nitrogen and oxygen atoms in total. The van der Waals surface area contributed by atoms with Crippen LogP contribution in [-0.4, -0.2) is 33.9 Å². The molecule has 1 amide bonds. The molecule has 1 aromatic carbocycles.